The number of aromatic nitrogens is 1. The van der Waals surface area contributed by atoms with Gasteiger partial charge in [-0.25, -0.2) is 0 Å². The summed E-state index contributed by atoms with van der Waals surface area (Å²) in [6.45, 7) is 6.83. The fraction of sp³-hybridized carbons (Fsp3) is 0.400. The van der Waals surface area contributed by atoms with Crippen LogP contribution in [0.4, 0.5) is 0 Å². The van der Waals surface area contributed by atoms with E-state index in [9.17, 15) is 9.59 Å². The van der Waals surface area contributed by atoms with Crippen LogP contribution in [0.3, 0.4) is 0 Å². The number of hydrogen-bond acceptors (Lipinski definition) is 5. The minimum Gasteiger partial charge on any atom is -0.478 e. The van der Waals surface area contributed by atoms with Gasteiger partial charge in [0.05, 0.1) is 12.5 Å². The molecule has 1 fully saturated rings. The van der Waals surface area contributed by atoms with Crippen LogP contribution in [0.15, 0.2) is 48.8 Å². The number of amides is 1. The van der Waals surface area contributed by atoms with E-state index < -0.39 is 5.60 Å². The zero-order valence-electron chi connectivity index (χ0n) is 18.4. The Labute approximate surface area is 183 Å². The normalized spacial score (nSPS) is 15.1. The molecular formula is C25H30N2O4. The lowest BCUT2D eigenvalue weighted by atomic mass is 9.95. The Morgan fingerprint density at radius 1 is 1.03 bits per heavy atom. The second-order valence-electron chi connectivity index (χ2n) is 8.11. The van der Waals surface area contributed by atoms with Gasteiger partial charge in [-0.15, -0.1) is 0 Å². The molecule has 1 amide bonds. The summed E-state index contributed by atoms with van der Waals surface area (Å²) in [5.74, 6) is 0.279. The third-order valence-electron chi connectivity index (χ3n) is 5.34. The molecule has 0 N–H and O–H groups in total. The Morgan fingerprint density at radius 2 is 1.61 bits per heavy atom. The molecule has 3 rings (SSSR count). The molecule has 0 atom stereocenters. The largest absolute Gasteiger partial charge is 0.478 e. The lowest BCUT2D eigenvalue weighted by Crippen LogP contribution is -2.51. The van der Waals surface area contributed by atoms with Crippen LogP contribution in [0.2, 0.25) is 0 Å². The highest BCUT2D eigenvalue weighted by Crippen LogP contribution is 2.25. The summed E-state index contributed by atoms with van der Waals surface area (Å²) in [6.07, 6.45) is 8.80. The van der Waals surface area contributed by atoms with Gasteiger partial charge < -0.3 is 14.4 Å². The molecule has 1 aromatic heterocycles. The van der Waals surface area contributed by atoms with Crippen molar-refractivity contribution in [2.75, 3.05) is 19.7 Å². The predicted octanol–water partition coefficient (Wildman–Crippen LogP) is 4.21. The number of piperidine rings is 1. The smallest absolute Gasteiger partial charge is 0.309 e. The first-order valence-corrected chi connectivity index (χ1v) is 10.7. The van der Waals surface area contributed by atoms with Crippen LogP contribution in [0.1, 0.15) is 44.7 Å². The predicted molar refractivity (Wildman–Crippen MR) is 120 cm³/mol. The van der Waals surface area contributed by atoms with Gasteiger partial charge >= 0.3 is 5.97 Å². The molecule has 0 spiro atoms. The van der Waals surface area contributed by atoms with Crippen molar-refractivity contribution < 1.29 is 19.1 Å². The molecule has 6 nitrogen and oxygen atoms in total. The van der Waals surface area contributed by atoms with Crippen molar-refractivity contribution in [3.05, 3.63) is 59.9 Å². The number of carbonyl (C=O) groups is 2. The quantitative estimate of drug-likeness (QED) is 0.625. The Morgan fingerprint density at radius 3 is 2.19 bits per heavy atom. The monoisotopic (exact) mass is 422 g/mol. The lowest BCUT2D eigenvalue weighted by Gasteiger charge is -2.36. The van der Waals surface area contributed by atoms with E-state index in [0.29, 0.717) is 38.3 Å². The van der Waals surface area contributed by atoms with Gasteiger partial charge in [-0.2, -0.15) is 0 Å². The number of nitrogens with zero attached hydrogens (tertiary/aromatic N) is 2. The third kappa shape index (κ3) is 6.17. The summed E-state index contributed by atoms with van der Waals surface area (Å²) >= 11 is 0. The topological polar surface area (TPSA) is 68.7 Å². The molecule has 6 heteroatoms. The van der Waals surface area contributed by atoms with Crippen LogP contribution < -0.4 is 4.74 Å². The van der Waals surface area contributed by atoms with Crippen molar-refractivity contribution in [1.29, 1.82) is 0 Å². The van der Waals surface area contributed by atoms with Crippen molar-refractivity contribution in [3.8, 4) is 5.75 Å². The molecule has 0 unspecified atom stereocenters. The molecule has 2 aromatic rings. The summed E-state index contributed by atoms with van der Waals surface area (Å²) in [7, 11) is 0. The molecule has 0 saturated carbocycles. The summed E-state index contributed by atoms with van der Waals surface area (Å²) in [5, 5.41) is 0. The molecule has 2 heterocycles. The molecule has 31 heavy (non-hydrogen) atoms. The maximum Gasteiger partial charge on any atom is 0.309 e. The van der Waals surface area contributed by atoms with Gasteiger partial charge in [0.2, 0.25) is 0 Å². The molecule has 1 saturated heterocycles. The molecule has 1 aliphatic heterocycles. The Kier molecular flexibility index (Phi) is 7.45. The maximum atomic E-state index is 13.0. The number of esters is 1. The van der Waals surface area contributed by atoms with E-state index in [4.69, 9.17) is 9.47 Å². The van der Waals surface area contributed by atoms with E-state index in [0.717, 1.165) is 11.1 Å². The molecule has 0 bridgehead atoms. The first-order valence-electron chi connectivity index (χ1n) is 10.7. The maximum absolute atomic E-state index is 13.0. The van der Waals surface area contributed by atoms with Crippen LogP contribution in [-0.2, 0) is 14.3 Å². The lowest BCUT2D eigenvalue weighted by molar-refractivity contribution is -0.154. The van der Waals surface area contributed by atoms with E-state index in [2.05, 4.69) is 4.98 Å². The fourth-order valence-electron chi connectivity index (χ4n) is 3.61. The Balaban J connectivity index is 1.55. The summed E-state index contributed by atoms with van der Waals surface area (Å²) in [4.78, 5) is 30.7. The zero-order valence-corrected chi connectivity index (χ0v) is 18.4. The van der Waals surface area contributed by atoms with Gasteiger partial charge in [-0.1, -0.05) is 24.3 Å². The van der Waals surface area contributed by atoms with Gasteiger partial charge in [0.1, 0.15) is 5.75 Å². The van der Waals surface area contributed by atoms with E-state index >= 15 is 0 Å². The number of rotatable bonds is 7. The third-order valence-corrected chi connectivity index (χ3v) is 5.34. The molecule has 0 radical (unpaired) electrons. The van der Waals surface area contributed by atoms with Gasteiger partial charge in [0.25, 0.3) is 5.91 Å². The van der Waals surface area contributed by atoms with Crippen LogP contribution in [0.5, 0.6) is 5.75 Å². The molecule has 1 aliphatic rings. The van der Waals surface area contributed by atoms with Gasteiger partial charge in [-0.3, -0.25) is 14.6 Å². The van der Waals surface area contributed by atoms with Crippen molar-refractivity contribution in [3.63, 3.8) is 0 Å². The second-order valence-corrected chi connectivity index (χ2v) is 8.11. The molecule has 0 aliphatic carbocycles. The van der Waals surface area contributed by atoms with Gasteiger partial charge in [-0.05, 0) is 69.0 Å². The molecule has 164 valence electrons. The van der Waals surface area contributed by atoms with E-state index in [-0.39, 0.29) is 17.8 Å². The number of pyridine rings is 1. The SMILES string of the molecule is CCOC(=O)C1CCN(C(=O)C(C)(C)Oc2ccc(/C=C/c3ccncc3)cc2)CC1. The summed E-state index contributed by atoms with van der Waals surface area (Å²) < 4.78 is 11.1. The fourth-order valence-corrected chi connectivity index (χ4v) is 3.61. The zero-order chi connectivity index (χ0) is 22.3. The highest BCUT2D eigenvalue weighted by atomic mass is 16.5. The highest BCUT2D eigenvalue weighted by Gasteiger charge is 2.37. The first kappa shape index (κ1) is 22.5. The second kappa shape index (κ2) is 10.2. The van der Waals surface area contributed by atoms with Crippen LogP contribution >= 0.6 is 0 Å². The van der Waals surface area contributed by atoms with Crippen molar-refractivity contribution >= 4 is 24.0 Å². The van der Waals surface area contributed by atoms with Gasteiger partial charge in [0.15, 0.2) is 5.60 Å². The number of benzene rings is 1. The summed E-state index contributed by atoms with van der Waals surface area (Å²) in [5.41, 5.74) is 1.12. The first-order chi connectivity index (χ1) is 14.9. The van der Waals surface area contributed by atoms with Crippen LogP contribution in [0.25, 0.3) is 12.2 Å². The van der Waals surface area contributed by atoms with Crippen molar-refractivity contribution in [1.82, 2.24) is 9.88 Å². The van der Waals surface area contributed by atoms with E-state index in [1.807, 2.05) is 48.6 Å². The Hall–Kier alpha value is -3.15. The molecular weight excluding hydrogens is 392 g/mol. The van der Waals surface area contributed by atoms with Crippen molar-refractivity contribution in [2.24, 2.45) is 5.92 Å². The standard InChI is InChI=1S/C25H30N2O4/c1-4-30-23(28)21-13-17-27(18-14-21)24(29)25(2,3)31-22-9-7-19(8-10-22)5-6-20-11-15-26-16-12-20/h5-12,15-16,21H,4,13-14,17-18H2,1-3H3/b6-5+. The summed E-state index contributed by atoms with van der Waals surface area (Å²) in [6, 6.07) is 11.5. The van der Waals surface area contributed by atoms with E-state index in [1.165, 1.54) is 0 Å². The highest BCUT2D eigenvalue weighted by molar-refractivity contribution is 5.85. The number of carbonyl (C=O) groups excluding carboxylic acids is 2. The van der Waals surface area contributed by atoms with E-state index in [1.54, 1.807) is 38.1 Å². The van der Waals surface area contributed by atoms with Crippen LogP contribution in [0, 0.1) is 5.92 Å². The minimum absolute atomic E-state index is 0.0727. The molecule has 1 aromatic carbocycles. The van der Waals surface area contributed by atoms with Gasteiger partial charge in [0, 0.05) is 25.5 Å². The average Bonchev–Trinajstić information content (AvgIpc) is 2.79. The number of likely N-dealkylation sites (tertiary alicyclic amines) is 1. The Bertz CT molecular complexity index is 899. The average molecular weight is 423 g/mol. The van der Waals surface area contributed by atoms with Crippen LogP contribution in [-0.4, -0.2) is 47.1 Å². The van der Waals surface area contributed by atoms with Crippen molar-refractivity contribution in [2.45, 2.75) is 39.2 Å². The minimum atomic E-state index is -0.995. The number of hydrogen-bond donors (Lipinski definition) is 0. The number of ether oxygens (including phenoxy) is 2.